The summed E-state index contributed by atoms with van der Waals surface area (Å²) < 4.78 is 19.0. The molecule has 1 aromatic heterocycles. The number of nitrogens with zero attached hydrogens (tertiary/aromatic N) is 2. The normalized spacial score (nSPS) is 16.8. The van der Waals surface area contributed by atoms with E-state index < -0.39 is 17.8 Å². The van der Waals surface area contributed by atoms with Gasteiger partial charge in [0, 0.05) is 38.3 Å². The maximum atomic E-state index is 14.1. The summed E-state index contributed by atoms with van der Waals surface area (Å²) in [6, 6.07) is 7.61. The summed E-state index contributed by atoms with van der Waals surface area (Å²) in [6.45, 7) is 2.97. The quantitative estimate of drug-likeness (QED) is 0.532. The minimum atomic E-state index is -1.07. The lowest BCUT2D eigenvalue weighted by Crippen LogP contribution is -2.54. The van der Waals surface area contributed by atoms with Crippen molar-refractivity contribution < 1.29 is 23.8 Å². The number of benzene rings is 1. The number of fused-ring (bicyclic) bond motifs is 1. The van der Waals surface area contributed by atoms with Crippen molar-refractivity contribution in [2.24, 2.45) is 5.92 Å². The molecule has 3 N–H and O–H groups in total. The number of ether oxygens (including phenoxy) is 1. The van der Waals surface area contributed by atoms with Crippen LogP contribution >= 0.6 is 0 Å². The highest BCUT2D eigenvalue weighted by Gasteiger charge is 2.34. The number of hydrogen-bond acceptors (Lipinski definition) is 6. The van der Waals surface area contributed by atoms with E-state index in [4.69, 9.17) is 9.72 Å². The van der Waals surface area contributed by atoms with Gasteiger partial charge in [0.05, 0.1) is 25.5 Å². The Morgan fingerprint density at radius 3 is 2.88 bits per heavy atom. The van der Waals surface area contributed by atoms with Gasteiger partial charge in [-0.25, -0.2) is 9.37 Å². The van der Waals surface area contributed by atoms with Crippen LogP contribution in [0.25, 0.3) is 0 Å². The Labute approximate surface area is 192 Å². The molecule has 3 heterocycles. The van der Waals surface area contributed by atoms with Crippen molar-refractivity contribution in [1.29, 1.82) is 0 Å². The summed E-state index contributed by atoms with van der Waals surface area (Å²) in [5.41, 5.74) is 2.68. The Kier molecular flexibility index (Phi) is 7.08. The number of halogens is 1. The maximum absolute atomic E-state index is 14.1. The van der Waals surface area contributed by atoms with Gasteiger partial charge >= 0.3 is 5.97 Å². The van der Waals surface area contributed by atoms with Crippen molar-refractivity contribution >= 4 is 17.7 Å². The fraction of sp³-hybridized carbons (Fsp3) is 0.458. The van der Waals surface area contributed by atoms with Crippen molar-refractivity contribution in [3.05, 3.63) is 53.0 Å². The molecule has 1 aromatic carbocycles. The van der Waals surface area contributed by atoms with E-state index in [0.717, 1.165) is 43.9 Å². The van der Waals surface area contributed by atoms with Crippen molar-refractivity contribution in [2.75, 3.05) is 38.6 Å². The number of carboxylic acids is 1. The molecule has 1 unspecified atom stereocenters. The summed E-state index contributed by atoms with van der Waals surface area (Å²) in [7, 11) is 1.36. The number of nitrogens with one attached hydrogen (secondary N) is 2. The number of pyridine rings is 1. The van der Waals surface area contributed by atoms with Gasteiger partial charge in [0.25, 0.3) is 0 Å². The summed E-state index contributed by atoms with van der Waals surface area (Å²) in [6.07, 6.45) is 2.67. The molecule has 9 heteroatoms. The highest BCUT2D eigenvalue weighted by molar-refractivity contribution is 5.81. The first-order valence-corrected chi connectivity index (χ1v) is 11.2. The van der Waals surface area contributed by atoms with Crippen molar-refractivity contribution in [3.8, 4) is 5.75 Å². The average Bonchev–Trinajstić information content (AvgIpc) is 2.77. The van der Waals surface area contributed by atoms with Crippen LogP contribution in [0.3, 0.4) is 0 Å². The largest absolute Gasteiger partial charge is 0.494 e. The second-order valence-corrected chi connectivity index (χ2v) is 8.60. The van der Waals surface area contributed by atoms with Gasteiger partial charge in [-0.15, -0.1) is 0 Å². The number of rotatable bonds is 9. The molecule has 1 atom stereocenters. The Balaban J connectivity index is 1.28. The van der Waals surface area contributed by atoms with E-state index in [1.807, 2.05) is 0 Å². The van der Waals surface area contributed by atoms with E-state index in [1.54, 1.807) is 6.07 Å². The fourth-order valence-corrected chi connectivity index (χ4v) is 4.31. The minimum Gasteiger partial charge on any atom is -0.494 e. The van der Waals surface area contributed by atoms with Crippen LogP contribution in [0.5, 0.6) is 5.75 Å². The molecule has 176 valence electrons. The standard InChI is InChI=1S/C24H29FN4O4/c1-33-21-7-5-16(11-19(21)25)20(12-22(30)31)28-24(32)17-13-29(14-17)10-8-18-6-4-15-3-2-9-26-23(15)27-18/h4-7,11,17,20H,2-3,8-10,12-14H2,1H3,(H,26,27)(H,28,32)(H,30,31). The van der Waals surface area contributed by atoms with Crippen molar-refractivity contribution in [3.63, 3.8) is 0 Å². The first kappa shape index (κ1) is 23.0. The average molecular weight is 457 g/mol. The maximum Gasteiger partial charge on any atom is 0.305 e. The summed E-state index contributed by atoms with van der Waals surface area (Å²) in [4.78, 5) is 30.9. The van der Waals surface area contributed by atoms with Crippen LogP contribution in [-0.2, 0) is 22.4 Å². The van der Waals surface area contributed by atoms with E-state index in [0.29, 0.717) is 18.7 Å². The molecule has 33 heavy (non-hydrogen) atoms. The number of carbonyl (C=O) groups is 2. The predicted molar refractivity (Wildman–Crippen MR) is 121 cm³/mol. The number of hydrogen-bond donors (Lipinski definition) is 3. The smallest absolute Gasteiger partial charge is 0.305 e. The third kappa shape index (κ3) is 5.60. The zero-order valence-electron chi connectivity index (χ0n) is 18.6. The highest BCUT2D eigenvalue weighted by Crippen LogP contribution is 2.26. The first-order valence-electron chi connectivity index (χ1n) is 11.2. The molecule has 0 aliphatic carbocycles. The fourth-order valence-electron chi connectivity index (χ4n) is 4.31. The van der Waals surface area contributed by atoms with Crippen molar-refractivity contribution in [2.45, 2.75) is 31.7 Å². The SMILES string of the molecule is COc1ccc(C(CC(=O)O)NC(=O)C2CN(CCc3ccc4c(n3)NCCC4)C2)cc1F. The van der Waals surface area contributed by atoms with Crippen LogP contribution in [0.1, 0.15) is 35.7 Å². The Morgan fingerprint density at radius 2 is 2.15 bits per heavy atom. The van der Waals surface area contributed by atoms with E-state index in [2.05, 4.69) is 27.7 Å². The molecule has 0 spiro atoms. The molecule has 1 amide bonds. The number of methoxy groups -OCH3 is 1. The Bertz CT molecular complexity index is 1030. The van der Waals surface area contributed by atoms with Crippen LogP contribution < -0.4 is 15.4 Å². The van der Waals surface area contributed by atoms with E-state index in [1.165, 1.54) is 24.8 Å². The molecular formula is C24H29FN4O4. The summed E-state index contributed by atoms with van der Waals surface area (Å²) in [5.74, 6) is -1.05. The molecule has 2 aliphatic heterocycles. The number of carbonyl (C=O) groups excluding carboxylic acids is 1. The molecule has 0 radical (unpaired) electrons. The zero-order chi connectivity index (χ0) is 23.4. The second-order valence-electron chi connectivity index (χ2n) is 8.60. The second kappa shape index (κ2) is 10.2. The van der Waals surface area contributed by atoms with Gasteiger partial charge in [-0.2, -0.15) is 0 Å². The molecule has 4 rings (SSSR count). The molecule has 0 saturated carbocycles. The van der Waals surface area contributed by atoms with Gasteiger partial charge in [0.15, 0.2) is 11.6 Å². The molecule has 1 fully saturated rings. The zero-order valence-corrected chi connectivity index (χ0v) is 18.6. The number of likely N-dealkylation sites (tertiary alicyclic amines) is 1. The molecule has 8 nitrogen and oxygen atoms in total. The number of amides is 1. The Hall–Kier alpha value is -3.20. The molecule has 2 aromatic rings. The lowest BCUT2D eigenvalue weighted by atomic mass is 9.96. The van der Waals surface area contributed by atoms with E-state index in [9.17, 15) is 19.1 Å². The number of aromatic nitrogens is 1. The van der Waals surface area contributed by atoms with Gasteiger partial charge in [-0.05, 0) is 42.2 Å². The van der Waals surface area contributed by atoms with Gasteiger partial charge in [0.1, 0.15) is 5.82 Å². The van der Waals surface area contributed by atoms with Crippen LogP contribution in [0.15, 0.2) is 30.3 Å². The van der Waals surface area contributed by atoms with Crippen LogP contribution in [0.4, 0.5) is 10.2 Å². The van der Waals surface area contributed by atoms with Gasteiger partial charge in [0.2, 0.25) is 5.91 Å². The number of anilines is 1. The molecule has 1 saturated heterocycles. The predicted octanol–water partition coefficient (Wildman–Crippen LogP) is 2.39. The van der Waals surface area contributed by atoms with E-state index >= 15 is 0 Å². The molecule has 2 aliphatic rings. The Morgan fingerprint density at radius 1 is 1.33 bits per heavy atom. The summed E-state index contributed by atoms with van der Waals surface area (Å²) >= 11 is 0. The van der Waals surface area contributed by atoms with Crippen LogP contribution in [-0.4, -0.2) is 60.2 Å². The third-order valence-electron chi connectivity index (χ3n) is 6.24. The molecular weight excluding hydrogens is 427 g/mol. The van der Waals surface area contributed by atoms with Crippen LogP contribution in [0, 0.1) is 11.7 Å². The number of aryl methyl sites for hydroxylation is 1. The summed E-state index contributed by atoms with van der Waals surface area (Å²) in [5, 5.41) is 15.4. The van der Waals surface area contributed by atoms with E-state index in [-0.39, 0.29) is 24.0 Å². The van der Waals surface area contributed by atoms with Crippen molar-refractivity contribution in [1.82, 2.24) is 15.2 Å². The lowest BCUT2D eigenvalue weighted by molar-refractivity contribution is -0.138. The number of aliphatic carboxylic acids is 1. The third-order valence-corrected chi connectivity index (χ3v) is 6.24. The van der Waals surface area contributed by atoms with Gasteiger partial charge in [-0.3, -0.25) is 9.59 Å². The lowest BCUT2D eigenvalue weighted by Gasteiger charge is -2.38. The topological polar surface area (TPSA) is 104 Å². The van der Waals surface area contributed by atoms with Gasteiger partial charge < -0.3 is 25.4 Å². The molecule has 0 bridgehead atoms. The highest BCUT2D eigenvalue weighted by atomic mass is 19.1. The minimum absolute atomic E-state index is 0.0676. The van der Waals surface area contributed by atoms with Crippen LogP contribution in [0.2, 0.25) is 0 Å². The monoisotopic (exact) mass is 456 g/mol. The van der Waals surface area contributed by atoms with Gasteiger partial charge in [-0.1, -0.05) is 12.1 Å². The number of carboxylic acid groups (broad SMARTS) is 1. The first-order chi connectivity index (χ1) is 15.9.